The van der Waals surface area contributed by atoms with Crippen LogP contribution < -0.4 is 0 Å². The molecule has 0 amide bonds. The van der Waals surface area contributed by atoms with Gasteiger partial charge in [0, 0.05) is 0 Å². The summed E-state index contributed by atoms with van der Waals surface area (Å²) in [5.41, 5.74) is 0.553. The maximum Gasteiger partial charge on any atom is 0.339 e. The van der Waals surface area contributed by atoms with Gasteiger partial charge in [0.1, 0.15) is 0 Å². The molecule has 0 aliphatic heterocycles. The summed E-state index contributed by atoms with van der Waals surface area (Å²) in [5.74, 6) is -0.912. The summed E-state index contributed by atoms with van der Waals surface area (Å²) in [4.78, 5) is 24.2. The Morgan fingerprint density at radius 2 is 1.57 bits per heavy atom. The highest BCUT2D eigenvalue weighted by Crippen LogP contribution is 2.15. The van der Waals surface area contributed by atoms with Crippen molar-refractivity contribution in [2.45, 2.75) is 45.8 Å². The molecule has 5 heteroatoms. The van der Waals surface area contributed by atoms with E-state index in [1.807, 2.05) is 19.6 Å². The zero-order valence-corrected chi connectivity index (χ0v) is 14.3. The molecular weight excluding hydrogens is 284 g/mol. The number of benzene rings is 1. The first kappa shape index (κ1) is 17.4. The predicted octanol–water partition coefficient (Wildman–Crippen LogP) is 4.03. The second-order valence-electron chi connectivity index (χ2n) is 5.89. The molecule has 0 bridgehead atoms. The van der Waals surface area contributed by atoms with Crippen LogP contribution in [0.3, 0.4) is 0 Å². The molecular formula is C16H24O4Si. The fraction of sp³-hybridized carbons (Fsp3) is 0.500. The Labute approximate surface area is 127 Å². The Bertz CT molecular complexity index is 491. The van der Waals surface area contributed by atoms with E-state index in [2.05, 4.69) is 6.92 Å². The molecule has 4 nitrogen and oxygen atoms in total. The quantitative estimate of drug-likeness (QED) is 0.433. The van der Waals surface area contributed by atoms with Crippen molar-refractivity contribution in [2.75, 3.05) is 6.61 Å². The SMILES string of the molecule is CCCCCOC(=O)c1ccccc1C(=O)O[Si](C)(C)C. The highest BCUT2D eigenvalue weighted by atomic mass is 28.4. The van der Waals surface area contributed by atoms with Crippen LogP contribution in [0, 0.1) is 0 Å². The van der Waals surface area contributed by atoms with Gasteiger partial charge in [-0.25, -0.2) is 9.59 Å². The first-order chi connectivity index (χ1) is 9.85. The lowest BCUT2D eigenvalue weighted by atomic mass is 10.1. The van der Waals surface area contributed by atoms with Crippen molar-refractivity contribution < 1.29 is 18.8 Å². The largest absolute Gasteiger partial charge is 0.516 e. The van der Waals surface area contributed by atoms with Crippen LogP contribution in [-0.2, 0) is 9.16 Å². The van der Waals surface area contributed by atoms with Gasteiger partial charge in [0.05, 0.1) is 17.7 Å². The Balaban J connectivity index is 2.79. The molecule has 0 aliphatic rings. The third kappa shape index (κ3) is 6.12. The van der Waals surface area contributed by atoms with Crippen molar-refractivity contribution in [3.63, 3.8) is 0 Å². The standard InChI is InChI=1S/C16H24O4Si/c1-5-6-9-12-19-15(17)13-10-7-8-11-14(13)16(18)20-21(2,3)4/h7-8,10-11H,5-6,9,12H2,1-4H3. The van der Waals surface area contributed by atoms with E-state index in [1.54, 1.807) is 24.3 Å². The fourth-order valence-corrected chi connectivity index (χ4v) is 2.43. The smallest absolute Gasteiger partial charge is 0.339 e. The number of hydrogen-bond acceptors (Lipinski definition) is 4. The molecule has 21 heavy (non-hydrogen) atoms. The molecule has 0 aromatic heterocycles. The minimum Gasteiger partial charge on any atom is -0.516 e. The van der Waals surface area contributed by atoms with Gasteiger partial charge in [-0.2, -0.15) is 0 Å². The highest BCUT2D eigenvalue weighted by molar-refractivity contribution is 6.71. The van der Waals surface area contributed by atoms with Crippen molar-refractivity contribution in [3.05, 3.63) is 35.4 Å². The van der Waals surface area contributed by atoms with Gasteiger partial charge in [-0.05, 0) is 38.2 Å². The van der Waals surface area contributed by atoms with Crippen molar-refractivity contribution in [1.82, 2.24) is 0 Å². The van der Waals surface area contributed by atoms with Crippen molar-refractivity contribution in [2.24, 2.45) is 0 Å². The molecule has 0 unspecified atom stereocenters. The molecule has 0 saturated heterocycles. The average molecular weight is 308 g/mol. The highest BCUT2D eigenvalue weighted by Gasteiger charge is 2.24. The number of esters is 1. The number of carbonyl (C=O) groups excluding carboxylic acids is 2. The molecule has 1 rings (SSSR count). The van der Waals surface area contributed by atoms with Gasteiger partial charge in [0.25, 0.3) is 0 Å². The van der Waals surface area contributed by atoms with Gasteiger partial charge in [-0.15, -0.1) is 0 Å². The first-order valence-corrected chi connectivity index (χ1v) is 10.8. The van der Waals surface area contributed by atoms with Crippen molar-refractivity contribution in [1.29, 1.82) is 0 Å². The van der Waals surface area contributed by atoms with E-state index in [0.717, 1.165) is 19.3 Å². The maximum absolute atomic E-state index is 12.2. The average Bonchev–Trinajstić information content (AvgIpc) is 2.41. The second-order valence-corrected chi connectivity index (χ2v) is 10.3. The summed E-state index contributed by atoms with van der Waals surface area (Å²) >= 11 is 0. The molecule has 0 N–H and O–H groups in total. The summed E-state index contributed by atoms with van der Waals surface area (Å²) in [5, 5.41) is 0. The third-order valence-corrected chi connectivity index (χ3v) is 3.54. The van der Waals surface area contributed by atoms with E-state index in [1.165, 1.54) is 0 Å². The van der Waals surface area contributed by atoms with Gasteiger partial charge in [0.2, 0.25) is 8.32 Å². The molecule has 0 heterocycles. The molecule has 0 fully saturated rings. The van der Waals surface area contributed by atoms with Crippen LogP contribution in [0.5, 0.6) is 0 Å². The van der Waals surface area contributed by atoms with Crippen molar-refractivity contribution in [3.8, 4) is 0 Å². The molecule has 0 radical (unpaired) electrons. The molecule has 0 aliphatic carbocycles. The van der Waals surface area contributed by atoms with Crippen LogP contribution in [0.2, 0.25) is 19.6 Å². The van der Waals surface area contributed by atoms with Crippen LogP contribution >= 0.6 is 0 Å². The van der Waals surface area contributed by atoms with Crippen LogP contribution in [0.25, 0.3) is 0 Å². The van der Waals surface area contributed by atoms with Gasteiger partial charge in [-0.1, -0.05) is 31.9 Å². The predicted molar refractivity (Wildman–Crippen MR) is 85.0 cm³/mol. The number of unbranched alkanes of at least 4 members (excludes halogenated alkanes) is 2. The van der Waals surface area contributed by atoms with Crippen LogP contribution in [0.15, 0.2) is 24.3 Å². The number of rotatable bonds is 7. The van der Waals surface area contributed by atoms with E-state index in [-0.39, 0.29) is 11.1 Å². The van der Waals surface area contributed by atoms with E-state index < -0.39 is 20.3 Å². The molecule has 116 valence electrons. The lowest BCUT2D eigenvalue weighted by molar-refractivity contribution is 0.0489. The van der Waals surface area contributed by atoms with Gasteiger partial charge < -0.3 is 9.16 Å². The third-order valence-electron chi connectivity index (χ3n) is 2.75. The minimum absolute atomic E-state index is 0.275. The Kier molecular flexibility index (Phi) is 6.62. The lowest BCUT2D eigenvalue weighted by Crippen LogP contribution is -2.30. The number of ether oxygens (including phenoxy) is 1. The van der Waals surface area contributed by atoms with Crippen LogP contribution in [0.1, 0.15) is 46.9 Å². The van der Waals surface area contributed by atoms with Crippen molar-refractivity contribution >= 4 is 20.3 Å². The molecule has 0 spiro atoms. The summed E-state index contributed by atoms with van der Waals surface area (Å²) in [6.07, 6.45) is 2.92. The summed E-state index contributed by atoms with van der Waals surface area (Å²) < 4.78 is 10.7. The molecule has 0 atom stereocenters. The first-order valence-electron chi connectivity index (χ1n) is 7.34. The van der Waals surface area contributed by atoms with Gasteiger partial charge >= 0.3 is 11.9 Å². The number of hydrogen-bond donors (Lipinski definition) is 0. The van der Waals surface area contributed by atoms with E-state index in [4.69, 9.17) is 9.16 Å². The monoisotopic (exact) mass is 308 g/mol. The zero-order chi connectivity index (χ0) is 15.9. The van der Waals surface area contributed by atoms with E-state index in [9.17, 15) is 9.59 Å². The minimum atomic E-state index is -2.00. The number of carbonyl (C=O) groups is 2. The topological polar surface area (TPSA) is 52.6 Å². The van der Waals surface area contributed by atoms with Crippen LogP contribution in [-0.4, -0.2) is 26.9 Å². The molecule has 1 aromatic carbocycles. The summed E-state index contributed by atoms with van der Waals surface area (Å²) in [6.45, 7) is 8.25. The Hall–Kier alpha value is -1.62. The van der Waals surface area contributed by atoms with Crippen LogP contribution in [0.4, 0.5) is 0 Å². The summed E-state index contributed by atoms with van der Waals surface area (Å²) in [6, 6.07) is 6.64. The zero-order valence-electron chi connectivity index (χ0n) is 13.3. The summed E-state index contributed by atoms with van der Waals surface area (Å²) in [7, 11) is -2.00. The van der Waals surface area contributed by atoms with Gasteiger partial charge in [0.15, 0.2) is 0 Å². The normalized spacial score (nSPS) is 11.0. The van der Waals surface area contributed by atoms with E-state index in [0.29, 0.717) is 6.61 Å². The molecule has 1 aromatic rings. The fourth-order valence-electron chi connectivity index (χ4n) is 1.77. The second kappa shape index (κ2) is 7.98. The van der Waals surface area contributed by atoms with E-state index >= 15 is 0 Å². The lowest BCUT2D eigenvalue weighted by Gasteiger charge is -2.18. The van der Waals surface area contributed by atoms with Gasteiger partial charge in [-0.3, -0.25) is 0 Å². The molecule has 0 saturated carbocycles. The maximum atomic E-state index is 12.2. The Morgan fingerprint density at radius 3 is 2.10 bits per heavy atom. The Morgan fingerprint density at radius 1 is 1.00 bits per heavy atom.